The molecule has 0 amide bonds. The first-order valence-corrected chi connectivity index (χ1v) is 6.14. The van der Waals surface area contributed by atoms with Crippen LogP contribution in [-0.2, 0) is 0 Å². The van der Waals surface area contributed by atoms with E-state index in [9.17, 15) is 0 Å². The van der Waals surface area contributed by atoms with Crippen molar-refractivity contribution in [3.63, 3.8) is 0 Å². The Hall–Kier alpha value is -2.16. The fourth-order valence-corrected chi connectivity index (χ4v) is 2.15. The maximum absolute atomic E-state index is 4.48. The van der Waals surface area contributed by atoms with Crippen molar-refractivity contribution in [3.8, 4) is 11.4 Å². The average molecular weight is 237 g/mol. The predicted molar refractivity (Wildman–Crippen MR) is 73.3 cm³/mol. The third-order valence-electron chi connectivity index (χ3n) is 3.07. The Balaban J connectivity index is 2.16. The minimum atomic E-state index is 0.397. The van der Waals surface area contributed by atoms with E-state index in [2.05, 4.69) is 40.5 Å². The zero-order valence-electron chi connectivity index (χ0n) is 10.5. The molecule has 0 aliphatic carbocycles. The first-order chi connectivity index (χ1) is 8.75. The minimum Gasteiger partial charge on any atom is -0.328 e. The van der Waals surface area contributed by atoms with Gasteiger partial charge in [0, 0.05) is 35.6 Å². The zero-order chi connectivity index (χ0) is 12.5. The Kier molecular flexibility index (Phi) is 2.59. The molecule has 18 heavy (non-hydrogen) atoms. The molecule has 0 atom stereocenters. The summed E-state index contributed by atoms with van der Waals surface area (Å²) in [6.07, 6.45) is 5.74. The number of para-hydroxylation sites is 1. The molecule has 0 saturated carbocycles. The predicted octanol–water partition coefficient (Wildman–Crippen LogP) is 3.68. The highest BCUT2D eigenvalue weighted by atomic mass is 15.1. The number of fused-ring (bicyclic) bond motifs is 1. The van der Waals surface area contributed by atoms with Crippen molar-refractivity contribution < 1.29 is 0 Å². The fourth-order valence-electron chi connectivity index (χ4n) is 2.15. The summed E-state index contributed by atoms with van der Waals surface area (Å²) in [6.45, 7) is 4.30. The molecule has 3 heteroatoms. The van der Waals surface area contributed by atoms with Crippen LogP contribution in [0, 0.1) is 0 Å². The van der Waals surface area contributed by atoms with E-state index < -0.39 is 0 Å². The lowest BCUT2D eigenvalue weighted by Crippen LogP contribution is -2.01. The van der Waals surface area contributed by atoms with Gasteiger partial charge in [-0.15, -0.1) is 0 Å². The monoisotopic (exact) mass is 237 g/mol. The van der Waals surface area contributed by atoms with Crippen molar-refractivity contribution in [1.82, 2.24) is 14.5 Å². The summed E-state index contributed by atoms with van der Waals surface area (Å²) in [7, 11) is 0. The lowest BCUT2D eigenvalue weighted by Gasteiger charge is -2.11. The summed E-state index contributed by atoms with van der Waals surface area (Å²) in [5, 5.41) is 1.15. The van der Waals surface area contributed by atoms with Gasteiger partial charge in [-0.2, -0.15) is 0 Å². The topological polar surface area (TPSA) is 30.7 Å². The van der Waals surface area contributed by atoms with Crippen LogP contribution in [0.25, 0.3) is 22.3 Å². The maximum atomic E-state index is 4.48. The fraction of sp³-hybridized carbons (Fsp3) is 0.200. The van der Waals surface area contributed by atoms with E-state index in [1.807, 2.05) is 36.8 Å². The normalized spacial score (nSPS) is 11.3. The Morgan fingerprint density at radius 1 is 1.11 bits per heavy atom. The SMILES string of the molecule is CC(C)n1ccnc1-c1cnc2ccccc2c1. The van der Waals surface area contributed by atoms with Crippen molar-refractivity contribution in [2.45, 2.75) is 19.9 Å². The summed E-state index contributed by atoms with van der Waals surface area (Å²) >= 11 is 0. The summed E-state index contributed by atoms with van der Waals surface area (Å²) in [5.41, 5.74) is 2.08. The van der Waals surface area contributed by atoms with Crippen LogP contribution < -0.4 is 0 Å². The summed E-state index contributed by atoms with van der Waals surface area (Å²) in [4.78, 5) is 8.92. The molecule has 0 fully saturated rings. The molecule has 0 aliphatic rings. The minimum absolute atomic E-state index is 0.397. The van der Waals surface area contributed by atoms with E-state index in [4.69, 9.17) is 0 Å². The molecule has 3 nitrogen and oxygen atoms in total. The van der Waals surface area contributed by atoms with Crippen LogP contribution >= 0.6 is 0 Å². The van der Waals surface area contributed by atoms with Gasteiger partial charge in [-0.05, 0) is 26.0 Å². The number of imidazole rings is 1. The van der Waals surface area contributed by atoms with Crippen molar-refractivity contribution in [2.75, 3.05) is 0 Å². The van der Waals surface area contributed by atoms with Crippen LogP contribution in [-0.4, -0.2) is 14.5 Å². The number of benzene rings is 1. The number of aromatic nitrogens is 3. The first kappa shape index (κ1) is 11.0. The van der Waals surface area contributed by atoms with Gasteiger partial charge in [-0.25, -0.2) is 4.98 Å². The zero-order valence-corrected chi connectivity index (χ0v) is 10.5. The third-order valence-corrected chi connectivity index (χ3v) is 3.07. The van der Waals surface area contributed by atoms with Crippen LogP contribution in [0.4, 0.5) is 0 Å². The molecule has 0 saturated heterocycles. The van der Waals surface area contributed by atoms with Crippen molar-refractivity contribution in [2.24, 2.45) is 0 Å². The molecule has 2 aromatic heterocycles. The lowest BCUT2D eigenvalue weighted by molar-refractivity contribution is 0.606. The average Bonchev–Trinajstić information content (AvgIpc) is 2.87. The van der Waals surface area contributed by atoms with Gasteiger partial charge in [0.05, 0.1) is 5.52 Å². The molecule has 0 N–H and O–H groups in total. The van der Waals surface area contributed by atoms with E-state index in [0.29, 0.717) is 6.04 Å². The highest BCUT2D eigenvalue weighted by Crippen LogP contribution is 2.23. The summed E-state index contributed by atoms with van der Waals surface area (Å²) in [6, 6.07) is 10.7. The molecule has 0 bridgehead atoms. The molecule has 0 spiro atoms. The maximum Gasteiger partial charge on any atom is 0.141 e. The Bertz CT molecular complexity index is 683. The van der Waals surface area contributed by atoms with Gasteiger partial charge >= 0.3 is 0 Å². The largest absolute Gasteiger partial charge is 0.328 e. The molecular weight excluding hydrogens is 222 g/mol. The number of nitrogens with zero attached hydrogens (tertiary/aromatic N) is 3. The van der Waals surface area contributed by atoms with E-state index in [-0.39, 0.29) is 0 Å². The van der Waals surface area contributed by atoms with Gasteiger partial charge in [0.2, 0.25) is 0 Å². The summed E-state index contributed by atoms with van der Waals surface area (Å²) in [5.74, 6) is 0.975. The molecule has 3 aromatic rings. The molecule has 1 aromatic carbocycles. The highest BCUT2D eigenvalue weighted by Gasteiger charge is 2.09. The van der Waals surface area contributed by atoms with Crippen molar-refractivity contribution in [1.29, 1.82) is 0 Å². The first-order valence-electron chi connectivity index (χ1n) is 6.14. The van der Waals surface area contributed by atoms with Crippen LogP contribution in [0.2, 0.25) is 0 Å². The van der Waals surface area contributed by atoms with Gasteiger partial charge in [0.15, 0.2) is 0 Å². The van der Waals surface area contributed by atoms with Crippen LogP contribution in [0.1, 0.15) is 19.9 Å². The van der Waals surface area contributed by atoms with Crippen LogP contribution in [0.15, 0.2) is 48.9 Å². The van der Waals surface area contributed by atoms with E-state index in [0.717, 1.165) is 22.3 Å². The molecule has 3 rings (SSSR count). The molecular formula is C15H15N3. The summed E-state index contributed by atoms with van der Waals surface area (Å²) < 4.78 is 2.16. The second-order valence-corrected chi connectivity index (χ2v) is 4.67. The Morgan fingerprint density at radius 3 is 2.78 bits per heavy atom. The van der Waals surface area contributed by atoms with Gasteiger partial charge in [0.25, 0.3) is 0 Å². The number of hydrogen-bond donors (Lipinski definition) is 0. The quantitative estimate of drug-likeness (QED) is 0.680. The number of hydrogen-bond acceptors (Lipinski definition) is 2. The highest BCUT2D eigenvalue weighted by molar-refractivity contribution is 5.82. The molecule has 2 heterocycles. The molecule has 0 radical (unpaired) electrons. The Morgan fingerprint density at radius 2 is 1.94 bits per heavy atom. The van der Waals surface area contributed by atoms with Gasteiger partial charge in [0.1, 0.15) is 5.82 Å². The van der Waals surface area contributed by atoms with E-state index in [1.165, 1.54) is 0 Å². The second kappa shape index (κ2) is 4.26. The van der Waals surface area contributed by atoms with E-state index in [1.54, 1.807) is 0 Å². The molecule has 0 aliphatic heterocycles. The molecule has 90 valence electrons. The number of rotatable bonds is 2. The lowest BCUT2D eigenvalue weighted by atomic mass is 10.1. The standard InChI is InChI=1S/C15H15N3/c1-11(2)18-8-7-16-15(18)13-9-12-5-3-4-6-14(12)17-10-13/h3-11H,1-2H3. The number of pyridine rings is 1. The smallest absolute Gasteiger partial charge is 0.141 e. The van der Waals surface area contributed by atoms with Gasteiger partial charge < -0.3 is 4.57 Å². The van der Waals surface area contributed by atoms with E-state index >= 15 is 0 Å². The van der Waals surface area contributed by atoms with Crippen LogP contribution in [0.5, 0.6) is 0 Å². The van der Waals surface area contributed by atoms with Gasteiger partial charge in [-0.3, -0.25) is 4.98 Å². The van der Waals surface area contributed by atoms with Gasteiger partial charge in [-0.1, -0.05) is 18.2 Å². The van der Waals surface area contributed by atoms with Crippen LogP contribution in [0.3, 0.4) is 0 Å². The molecule has 0 unspecified atom stereocenters. The second-order valence-electron chi connectivity index (χ2n) is 4.67. The van der Waals surface area contributed by atoms with Crippen molar-refractivity contribution in [3.05, 3.63) is 48.9 Å². The third kappa shape index (κ3) is 1.78. The Labute approximate surface area is 106 Å². The van der Waals surface area contributed by atoms with Crippen molar-refractivity contribution >= 4 is 10.9 Å².